The van der Waals surface area contributed by atoms with E-state index in [1.807, 2.05) is 6.92 Å². The Kier molecular flexibility index (Phi) is 9.47. The van der Waals surface area contributed by atoms with Crippen molar-refractivity contribution in [3.05, 3.63) is 45.9 Å². The monoisotopic (exact) mass is 586 g/mol. The zero-order valence-corrected chi connectivity index (χ0v) is 23.1. The number of nitrogens with one attached hydrogen (secondary N) is 2. The lowest BCUT2D eigenvalue weighted by molar-refractivity contribution is -0.148. The zero-order valence-electron chi connectivity index (χ0n) is 21.5. The number of fused-ring (bicyclic) bond motifs is 3. The standard InChI is InChI=1S/C25H30N4O8.2ClH/c1-4-27-9-14(30)28-13-6-5-10-7-11-8-12-18(29(2)3)21(33)17(24(26)36)23(35)25(12,37)22(34)16(11)20(32)15(10)19(13)31;;/h5-6,11-12,18,27,31,33-34,37H,4,7-9H2,1-3H3,(H2,26,36)(H,28,30);2*1H/t11?,12?,18-,25?;;/m0../s1. The molecule has 0 radical (unpaired) electrons. The number of carbonyl (C=O) groups excluding carboxylic acids is 4. The number of allylic oxidation sites excluding steroid dienone is 1. The van der Waals surface area contributed by atoms with Crippen LogP contribution in [0.2, 0.25) is 0 Å². The first-order chi connectivity index (χ1) is 17.4. The Bertz CT molecular complexity index is 1290. The Hall–Kier alpha value is -3.16. The van der Waals surface area contributed by atoms with Crippen LogP contribution in [0.1, 0.15) is 29.3 Å². The van der Waals surface area contributed by atoms with E-state index in [1.54, 1.807) is 20.2 Å². The Balaban J connectivity index is 0.00000267. The number of aliphatic hydroxyl groups is 3. The molecule has 0 heterocycles. The van der Waals surface area contributed by atoms with Crippen LogP contribution in [0, 0.1) is 11.8 Å². The summed E-state index contributed by atoms with van der Waals surface area (Å²) in [5.41, 5.74) is 1.79. The van der Waals surface area contributed by atoms with Crippen molar-refractivity contribution in [3.63, 3.8) is 0 Å². The molecule has 3 aliphatic rings. The molecule has 4 rings (SSSR count). The number of Topliss-reactive ketones (excluding diaryl/α,β-unsaturated/α-hetero) is 2. The van der Waals surface area contributed by atoms with E-state index in [0.717, 1.165) is 0 Å². The van der Waals surface area contributed by atoms with E-state index in [4.69, 9.17) is 5.73 Å². The van der Waals surface area contributed by atoms with Gasteiger partial charge in [-0.1, -0.05) is 13.0 Å². The summed E-state index contributed by atoms with van der Waals surface area (Å²) >= 11 is 0. The number of hydrogen-bond donors (Lipinski definition) is 7. The highest BCUT2D eigenvalue weighted by Gasteiger charge is 2.63. The van der Waals surface area contributed by atoms with Gasteiger partial charge in [-0.3, -0.25) is 24.1 Å². The van der Waals surface area contributed by atoms with Gasteiger partial charge in [0.05, 0.1) is 23.8 Å². The molecule has 1 aromatic rings. The summed E-state index contributed by atoms with van der Waals surface area (Å²) < 4.78 is 0. The van der Waals surface area contributed by atoms with Crippen molar-refractivity contribution >= 4 is 53.9 Å². The maximum absolute atomic E-state index is 13.6. The number of nitrogens with zero attached hydrogens (tertiary/aromatic N) is 1. The van der Waals surface area contributed by atoms with Crippen molar-refractivity contribution in [2.75, 3.05) is 32.5 Å². The third kappa shape index (κ3) is 4.87. The number of aliphatic hydroxyl groups excluding tert-OH is 2. The van der Waals surface area contributed by atoms with Gasteiger partial charge in [0.1, 0.15) is 17.1 Å². The molecule has 39 heavy (non-hydrogen) atoms. The number of nitrogens with two attached hydrogens (primary N) is 1. The van der Waals surface area contributed by atoms with Gasteiger partial charge < -0.3 is 36.8 Å². The molecule has 4 atom stereocenters. The van der Waals surface area contributed by atoms with Crippen molar-refractivity contribution in [1.82, 2.24) is 10.2 Å². The number of halogens is 2. The molecule has 0 saturated heterocycles. The number of aromatic hydroxyl groups is 1. The van der Waals surface area contributed by atoms with Crippen molar-refractivity contribution in [2.24, 2.45) is 17.6 Å². The summed E-state index contributed by atoms with van der Waals surface area (Å²) in [5, 5.41) is 49.9. The van der Waals surface area contributed by atoms with Crippen LogP contribution in [0.15, 0.2) is 34.8 Å². The summed E-state index contributed by atoms with van der Waals surface area (Å²) in [6, 6.07) is 2.01. The Labute approximate surface area is 236 Å². The number of carbonyl (C=O) groups is 4. The van der Waals surface area contributed by atoms with Gasteiger partial charge in [-0.25, -0.2) is 0 Å². The van der Waals surface area contributed by atoms with Gasteiger partial charge in [-0.2, -0.15) is 0 Å². The smallest absolute Gasteiger partial charge is 0.255 e. The average Bonchev–Trinajstić information content (AvgIpc) is 2.81. The largest absolute Gasteiger partial charge is 0.510 e. The third-order valence-corrected chi connectivity index (χ3v) is 7.40. The molecule has 0 fully saturated rings. The second-order valence-corrected chi connectivity index (χ2v) is 9.79. The maximum atomic E-state index is 13.6. The molecular formula is C25H32Cl2N4O8. The van der Waals surface area contributed by atoms with Gasteiger partial charge in [-0.15, -0.1) is 24.8 Å². The molecule has 2 amide bonds. The lowest BCUT2D eigenvalue weighted by Gasteiger charge is -2.50. The fourth-order valence-corrected chi connectivity index (χ4v) is 5.76. The van der Waals surface area contributed by atoms with Crippen LogP contribution in [0.4, 0.5) is 5.69 Å². The van der Waals surface area contributed by atoms with E-state index < -0.39 is 69.7 Å². The molecule has 0 aliphatic heterocycles. The molecule has 0 saturated carbocycles. The summed E-state index contributed by atoms with van der Waals surface area (Å²) in [5.74, 6) is -7.63. The quantitative estimate of drug-likeness (QED) is 0.182. The van der Waals surface area contributed by atoms with Crippen molar-refractivity contribution < 1.29 is 39.6 Å². The Morgan fingerprint density at radius 2 is 1.79 bits per heavy atom. The first-order valence-corrected chi connectivity index (χ1v) is 11.9. The van der Waals surface area contributed by atoms with Gasteiger partial charge in [-0.05, 0) is 51.0 Å². The van der Waals surface area contributed by atoms with E-state index in [1.165, 1.54) is 11.0 Å². The zero-order chi connectivity index (χ0) is 27.4. The molecule has 0 bridgehead atoms. The van der Waals surface area contributed by atoms with E-state index in [9.17, 15) is 39.6 Å². The van der Waals surface area contributed by atoms with Crippen molar-refractivity contribution in [3.8, 4) is 5.75 Å². The number of likely N-dealkylation sites (N-methyl/N-ethyl adjacent to an activating group) is 2. The number of primary amides is 1. The van der Waals surface area contributed by atoms with Crippen LogP contribution in [0.5, 0.6) is 5.75 Å². The number of benzene rings is 1. The lowest BCUT2D eigenvalue weighted by atomic mass is 9.58. The van der Waals surface area contributed by atoms with Crippen LogP contribution < -0.4 is 16.4 Å². The van der Waals surface area contributed by atoms with E-state index in [-0.39, 0.29) is 61.0 Å². The second kappa shape index (κ2) is 11.5. The highest BCUT2D eigenvalue weighted by molar-refractivity contribution is 6.25. The molecule has 0 spiro atoms. The fourth-order valence-electron chi connectivity index (χ4n) is 5.76. The van der Waals surface area contributed by atoms with Crippen LogP contribution >= 0.6 is 24.8 Å². The minimum Gasteiger partial charge on any atom is -0.510 e. The topological polar surface area (TPSA) is 203 Å². The molecule has 3 unspecified atom stereocenters. The first kappa shape index (κ1) is 32.1. The van der Waals surface area contributed by atoms with Crippen LogP contribution in [-0.4, -0.2) is 87.5 Å². The second-order valence-electron chi connectivity index (χ2n) is 9.79. The Morgan fingerprint density at radius 3 is 2.36 bits per heavy atom. The van der Waals surface area contributed by atoms with Gasteiger partial charge in [0.15, 0.2) is 17.1 Å². The van der Waals surface area contributed by atoms with Crippen LogP contribution in [-0.2, 0) is 20.8 Å². The highest BCUT2D eigenvalue weighted by Crippen LogP contribution is 2.52. The summed E-state index contributed by atoms with van der Waals surface area (Å²) in [4.78, 5) is 52.5. The highest BCUT2D eigenvalue weighted by atomic mass is 35.5. The summed E-state index contributed by atoms with van der Waals surface area (Å²) in [6.07, 6.45) is 0.182. The lowest BCUT2D eigenvalue weighted by Crippen LogP contribution is -2.63. The SMILES string of the molecule is CCNCC(=O)Nc1ccc2c(c1O)C(=O)C1=C(O)C3(O)C(=O)C(C(N)=O)=C(O)[C@@H](N(C)C)C3CC1C2.Cl.Cl. The minimum absolute atomic E-state index is 0. The van der Waals surface area contributed by atoms with Gasteiger partial charge in [0.2, 0.25) is 11.7 Å². The average molecular weight is 587 g/mol. The van der Waals surface area contributed by atoms with E-state index in [2.05, 4.69) is 10.6 Å². The molecule has 12 nitrogen and oxygen atoms in total. The number of phenols is 1. The van der Waals surface area contributed by atoms with Crippen molar-refractivity contribution in [1.29, 1.82) is 0 Å². The van der Waals surface area contributed by atoms with E-state index in [0.29, 0.717) is 12.1 Å². The normalized spacial score (nSPS) is 25.7. The molecule has 14 heteroatoms. The predicted octanol–water partition coefficient (Wildman–Crippen LogP) is 0.512. The predicted molar refractivity (Wildman–Crippen MR) is 145 cm³/mol. The number of amides is 2. The molecule has 8 N–H and O–H groups in total. The molecule has 214 valence electrons. The Morgan fingerprint density at radius 1 is 1.15 bits per heavy atom. The molecule has 0 aromatic heterocycles. The third-order valence-electron chi connectivity index (χ3n) is 7.40. The maximum Gasteiger partial charge on any atom is 0.255 e. The molecule has 1 aromatic carbocycles. The molecular weight excluding hydrogens is 555 g/mol. The van der Waals surface area contributed by atoms with Gasteiger partial charge >= 0.3 is 0 Å². The number of phenolic OH excluding ortho intramolecular Hbond substituents is 1. The summed E-state index contributed by atoms with van der Waals surface area (Å²) in [7, 11) is 3.13. The van der Waals surface area contributed by atoms with E-state index >= 15 is 0 Å². The fraction of sp³-hybridized carbons (Fsp3) is 0.440. The molecule has 3 aliphatic carbocycles. The summed E-state index contributed by atoms with van der Waals surface area (Å²) in [6.45, 7) is 2.36. The number of hydrogen-bond acceptors (Lipinski definition) is 10. The number of rotatable bonds is 6. The van der Waals surface area contributed by atoms with Gasteiger partial charge in [0.25, 0.3) is 5.91 Å². The van der Waals surface area contributed by atoms with Crippen LogP contribution in [0.25, 0.3) is 0 Å². The minimum atomic E-state index is -2.70. The first-order valence-electron chi connectivity index (χ1n) is 11.9. The number of anilines is 1. The number of ketones is 2. The van der Waals surface area contributed by atoms with Gasteiger partial charge in [0, 0.05) is 11.5 Å². The van der Waals surface area contributed by atoms with Crippen molar-refractivity contribution in [2.45, 2.75) is 31.4 Å². The van der Waals surface area contributed by atoms with Crippen LogP contribution in [0.3, 0.4) is 0 Å².